The number of benzene rings is 2. The van der Waals surface area contributed by atoms with Crippen LogP contribution in [-0.2, 0) is 4.79 Å². The Morgan fingerprint density at radius 3 is 2.79 bits per heavy atom. The molecule has 1 aliphatic carbocycles. The Hall–Kier alpha value is -3.83. The van der Waals surface area contributed by atoms with Gasteiger partial charge in [0, 0.05) is 18.0 Å². The number of amides is 2. The van der Waals surface area contributed by atoms with Crippen LogP contribution in [0.1, 0.15) is 61.0 Å². The second-order valence-corrected chi connectivity index (χ2v) is 10.3. The predicted octanol–water partition coefficient (Wildman–Crippen LogP) is 4.82. The number of fused-ring (bicyclic) bond motifs is 1. The quantitative estimate of drug-likeness (QED) is 0.444. The standard InChI is InChI=1S/C29H28ClFN4O3/c1-2-4-20(19-6-9-22(36)10-7-19)15-27(37)34-14-13-29(12-3-5-26(29)34)33-28(38)25-17-32-18-35(25)24-11-8-21(30)16-23(24)31/h6-11,16-18,20,26,36H,3,5,12-15H2,1H3,(H,33,38)/t20-,26-,29+/m0/s1. The van der Waals surface area contributed by atoms with Crippen LogP contribution in [0.2, 0.25) is 5.02 Å². The summed E-state index contributed by atoms with van der Waals surface area (Å²) < 4.78 is 16.0. The van der Waals surface area contributed by atoms with Gasteiger partial charge in [-0.05, 0) is 68.5 Å². The number of phenols is 1. The summed E-state index contributed by atoms with van der Waals surface area (Å²) in [4.78, 5) is 32.9. The number of aromatic hydroxyl groups is 1. The third-order valence-corrected chi connectivity index (χ3v) is 7.86. The molecule has 0 radical (unpaired) electrons. The van der Waals surface area contributed by atoms with E-state index in [9.17, 15) is 19.1 Å². The number of imidazole rings is 1. The maximum atomic E-state index is 14.6. The molecule has 2 N–H and O–H groups in total. The monoisotopic (exact) mass is 534 g/mol. The highest BCUT2D eigenvalue weighted by molar-refractivity contribution is 6.30. The highest BCUT2D eigenvalue weighted by Crippen LogP contribution is 2.42. The van der Waals surface area contributed by atoms with Gasteiger partial charge in [-0.25, -0.2) is 9.37 Å². The van der Waals surface area contributed by atoms with Crippen LogP contribution in [0.15, 0.2) is 55.0 Å². The summed E-state index contributed by atoms with van der Waals surface area (Å²) in [5.41, 5.74) is 0.711. The SMILES string of the molecule is CC#C[C@@H](CC(=O)N1CC[C@]2(NC(=O)c3cncn3-c3ccc(Cl)cc3F)CCC[C@H]12)c1ccc(O)cc1. The van der Waals surface area contributed by atoms with E-state index in [0.29, 0.717) is 13.0 Å². The average Bonchev–Trinajstić information content (AvgIpc) is 3.59. The summed E-state index contributed by atoms with van der Waals surface area (Å²) in [7, 11) is 0. The number of hydrogen-bond acceptors (Lipinski definition) is 4. The van der Waals surface area contributed by atoms with Gasteiger partial charge >= 0.3 is 0 Å². The van der Waals surface area contributed by atoms with Crippen molar-refractivity contribution >= 4 is 23.4 Å². The predicted molar refractivity (Wildman–Crippen MR) is 142 cm³/mol. The number of phenolic OH excluding ortho intramolecular Hbond substituents is 1. The van der Waals surface area contributed by atoms with E-state index >= 15 is 0 Å². The van der Waals surface area contributed by atoms with Gasteiger partial charge in [0.05, 0.1) is 35.7 Å². The van der Waals surface area contributed by atoms with Crippen LogP contribution in [-0.4, -0.2) is 49.5 Å². The van der Waals surface area contributed by atoms with Gasteiger partial charge in [0.15, 0.2) is 0 Å². The maximum Gasteiger partial charge on any atom is 0.270 e. The van der Waals surface area contributed by atoms with Crippen LogP contribution in [0.25, 0.3) is 5.69 Å². The van der Waals surface area contributed by atoms with Crippen LogP contribution in [0.3, 0.4) is 0 Å². The van der Waals surface area contributed by atoms with Crippen LogP contribution in [0.5, 0.6) is 5.75 Å². The van der Waals surface area contributed by atoms with E-state index < -0.39 is 11.4 Å². The molecule has 5 rings (SSSR count). The molecule has 1 saturated heterocycles. The first-order valence-corrected chi connectivity index (χ1v) is 13.0. The number of rotatable bonds is 6. The molecule has 2 amide bonds. The highest BCUT2D eigenvalue weighted by atomic mass is 35.5. The van der Waals surface area contributed by atoms with Crippen LogP contribution in [0, 0.1) is 17.7 Å². The molecule has 3 aromatic rings. The Balaban J connectivity index is 1.33. The zero-order chi connectivity index (χ0) is 26.9. The number of aromatic nitrogens is 2. The molecule has 7 nitrogen and oxygen atoms in total. The fourth-order valence-electron chi connectivity index (χ4n) is 5.83. The van der Waals surface area contributed by atoms with Crippen LogP contribution in [0.4, 0.5) is 4.39 Å². The second kappa shape index (κ2) is 10.5. The van der Waals surface area contributed by atoms with Gasteiger partial charge in [-0.3, -0.25) is 14.2 Å². The van der Waals surface area contributed by atoms with E-state index in [0.717, 1.165) is 24.8 Å². The molecule has 0 spiro atoms. The van der Waals surface area contributed by atoms with Crippen molar-refractivity contribution in [3.8, 4) is 23.3 Å². The topological polar surface area (TPSA) is 87.5 Å². The van der Waals surface area contributed by atoms with E-state index in [1.165, 1.54) is 29.2 Å². The minimum atomic E-state index is -0.558. The summed E-state index contributed by atoms with van der Waals surface area (Å²) >= 11 is 5.89. The summed E-state index contributed by atoms with van der Waals surface area (Å²) in [5, 5.41) is 13.1. The van der Waals surface area contributed by atoms with Crippen molar-refractivity contribution in [3.05, 3.63) is 77.1 Å². The second-order valence-electron chi connectivity index (χ2n) is 9.84. The van der Waals surface area contributed by atoms with Gasteiger partial charge in [0.25, 0.3) is 5.91 Å². The number of carbonyl (C=O) groups is 2. The van der Waals surface area contributed by atoms with E-state index in [1.54, 1.807) is 37.3 Å². The fourth-order valence-corrected chi connectivity index (χ4v) is 5.99. The Kier molecular flexibility index (Phi) is 7.13. The molecule has 2 heterocycles. The number of halogens is 2. The third kappa shape index (κ3) is 4.86. The lowest BCUT2D eigenvalue weighted by molar-refractivity contribution is -0.132. The molecule has 0 bridgehead atoms. The zero-order valence-corrected chi connectivity index (χ0v) is 21.7. The van der Waals surface area contributed by atoms with Crippen molar-refractivity contribution in [2.45, 2.75) is 56.5 Å². The zero-order valence-electron chi connectivity index (χ0n) is 21.0. The van der Waals surface area contributed by atoms with Gasteiger partial charge in [0.2, 0.25) is 5.91 Å². The van der Waals surface area contributed by atoms with Crippen LogP contribution >= 0.6 is 11.6 Å². The molecule has 9 heteroatoms. The van der Waals surface area contributed by atoms with Gasteiger partial charge in [-0.2, -0.15) is 0 Å². The normalized spacial score (nSPS) is 20.9. The number of hydrogen-bond donors (Lipinski definition) is 2. The van der Waals surface area contributed by atoms with E-state index in [1.807, 2.05) is 4.90 Å². The lowest BCUT2D eigenvalue weighted by atomic mass is 9.92. The molecule has 2 fully saturated rings. The number of nitrogens with one attached hydrogen (secondary N) is 1. The molecule has 38 heavy (non-hydrogen) atoms. The number of carbonyl (C=O) groups excluding carboxylic acids is 2. The van der Waals surface area contributed by atoms with E-state index in [-0.39, 0.29) is 52.3 Å². The summed E-state index contributed by atoms with van der Waals surface area (Å²) in [6, 6.07) is 10.9. The molecule has 196 valence electrons. The van der Waals surface area contributed by atoms with Crippen molar-refractivity contribution in [1.29, 1.82) is 0 Å². The Morgan fingerprint density at radius 1 is 1.26 bits per heavy atom. The van der Waals surface area contributed by atoms with Gasteiger partial charge < -0.3 is 15.3 Å². The van der Waals surface area contributed by atoms with Crippen molar-refractivity contribution < 1.29 is 19.1 Å². The number of nitrogens with zero attached hydrogens (tertiary/aromatic N) is 3. The lowest BCUT2D eigenvalue weighted by Crippen LogP contribution is -2.54. The van der Waals surface area contributed by atoms with Crippen molar-refractivity contribution in [3.63, 3.8) is 0 Å². The molecular weight excluding hydrogens is 507 g/mol. The average molecular weight is 535 g/mol. The van der Waals surface area contributed by atoms with E-state index in [2.05, 4.69) is 22.1 Å². The minimum Gasteiger partial charge on any atom is -0.508 e. The molecular formula is C29H28ClFN4O3. The van der Waals surface area contributed by atoms with Gasteiger partial charge in [-0.1, -0.05) is 29.7 Å². The first-order valence-electron chi connectivity index (χ1n) is 12.6. The third-order valence-electron chi connectivity index (χ3n) is 7.63. The molecule has 2 aromatic carbocycles. The Labute approximate surface area is 225 Å². The first kappa shape index (κ1) is 25.8. The van der Waals surface area contributed by atoms with E-state index in [4.69, 9.17) is 11.6 Å². The molecule has 1 aliphatic heterocycles. The largest absolute Gasteiger partial charge is 0.508 e. The fraction of sp³-hybridized carbons (Fsp3) is 0.345. The summed E-state index contributed by atoms with van der Waals surface area (Å²) in [6.45, 7) is 2.28. The Morgan fingerprint density at radius 2 is 2.05 bits per heavy atom. The number of likely N-dealkylation sites (tertiary alicyclic amines) is 1. The molecule has 0 unspecified atom stereocenters. The first-order chi connectivity index (χ1) is 18.3. The Bertz CT molecular complexity index is 1430. The van der Waals surface area contributed by atoms with Gasteiger partial charge in [0.1, 0.15) is 17.3 Å². The summed E-state index contributed by atoms with van der Waals surface area (Å²) in [6.07, 6.45) is 6.10. The smallest absolute Gasteiger partial charge is 0.270 e. The highest BCUT2D eigenvalue weighted by Gasteiger charge is 2.52. The maximum absolute atomic E-state index is 14.6. The van der Waals surface area contributed by atoms with Crippen LogP contribution < -0.4 is 5.32 Å². The molecule has 2 aliphatic rings. The van der Waals surface area contributed by atoms with Crippen molar-refractivity contribution in [2.75, 3.05) is 6.54 Å². The van der Waals surface area contributed by atoms with Crippen molar-refractivity contribution in [1.82, 2.24) is 19.8 Å². The van der Waals surface area contributed by atoms with Gasteiger partial charge in [-0.15, -0.1) is 5.92 Å². The van der Waals surface area contributed by atoms with Crippen molar-refractivity contribution in [2.24, 2.45) is 0 Å². The molecule has 3 atom stereocenters. The molecule has 1 saturated carbocycles. The summed E-state index contributed by atoms with van der Waals surface area (Å²) in [5.74, 6) is 4.98. The minimum absolute atomic E-state index is 0.0119. The molecule has 1 aromatic heterocycles. The lowest BCUT2D eigenvalue weighted by Gasteiger charge is -2.33.